The first kappa shape index (κ1) is 14.1. The Bertz CT molecular complexity index is 372. The third-order valence-electron chi connectivity index (χ3n) is 1.99. The van der Waals surface area contributed by atoms with Crippen molar-refractivity contribution < 1.29 is 14.2 Å². The Balaban J connectivity index is 2.82. The Morgan fingerprint density at radius 2 is 2.18 bits per heavy atom. The molecule has 0 fully saturated rings. The number of hydrogen-bond acceptors (Lipinski definition) is 4. The molecule has 0 amide bonds. The van der Waals surface area contributed by atoms with Gasteiger partial charge in [0, 0.05) is 29.0 Å². The summed E-state index contributed by atoms with van der Waals surface area (Å²) in [5.41, 5.74) is 6.13. The number of aliphatic hydroxyl groups excluding tert-OH is 1. The molecule has 0 bridgehead atoms. The van der Waals surface area contributed by atoms with Gasteiger partial charge in [-0.1, -0.05) is 0 Å². The number of hydrogen-bond donors (Lipinski definition) is 2. The Hall–Kier alpha value is -0.940. The van der Waals surface area contributed by atoms with Crippen LogP contribution in [-0.4, -0.2) is 23.6 Å². The molecule has 0 aliphatic heterocycles. The molecule has 0 radical (unpaired) electrons. The summed E-state index contributed by atoms with van der Waals surface area (Å²) in [6.45, 7) is 3.83. The zero-order valence-electron chi connectivity index (χ0n) is 10.1. The summed E-state index contributed by atoms with van der Waals surface area (Å²) >= 11 is 1.49. The van der Waals surface area contributed by atoms with E-state index >= 15 is 0 Å². The lowest BCUT2D eigenvalue weighted by Gasteiger charge is -2.13. The van der Waals surface area contributed by atoms with Gasteiger partial charge >= 0.3 is 0 Å². The lowest BCUT2D eigenvalue weighted by Crippen LogP contribution is -2.07. The first-order valence-electron chi connectivity index (χ1n) is 5.54. The average molecular weight is 259 g/mol. The highest BCUT2D eigenvalue weighted by Crippen LogP contribution is 2.32. The molecule has 0 aromatic heterocycles. The van der Waals surface area contributed by atoms with E-state index in [0.717, 1.165) is 10.6 Å². The standard InChI is InChI=1S/C12H18FNO2S/c1-8(2)16-11-7-12(17-5-3-4-15)10(14)6-9(11)13/h6-8,15H,3-5,14H2,1-2H3. The molecule has 3 nitrogen and oxygen atoms in total. The van der Waals surface area contributed by atoms with Crippen LogP contribution in [0.25, 0.3) is 0 Å². The van der Waals surface area contributed by atoms with Crippen molar-refractivity contribution in [2.45, 2.75) is 31.3 Å². The minimum absolute atomic E-state index is 0.0802. The van der Waals surface area contributed by atoms with E-state index in [-0.39, 0.29) is 18.5 Å². The molecule has 0 spiro atoms. The van der Waals surface area contributed by atoms with Gasteiger partial charge in [0.2, 0.25) is 0 Å². The molecule has 0 saturated carbocycles. The molecule has 5 heteroatoms. The van der Waals surface area contributed by atoms with Crippen LogP contribution in [0.5, 0.6) is 5.75 Å². The Morgan fingerprint density at radius 3 is 2.76 bits per heavy atom. The van der Waals surface area contributed by atoms with E-state index in [1.165, 1.54) is 17.8 Å². The van der Waals surface area contributed by atoms with E-state index in [0.29, 0.717) is 12.1 Å². The van der Waals surface area contributed by atoms with Crippen molar-refractivity contribution in [3.05, 3.63) is 17.9 Å². The fraction of sp³-hybridized carbons (Fsp3) is 0.500. The molecule has 0 unspecified atom stereocenters. The van der Waals surface area contributed by atoms with E-state index < -0.39 is 5.82 Å². The van der Waals surface area contributed by atoms with Crippen LogP contribution in [-0.2, 0) is 0 Å². The summed E-state index contributed by atoms with van der Waals surface area (Å²) in [7, 11) is 0. The molecular formula is C12H18FNO2S. The lowest BCUT2D eigenvalue weighted by molar-refractivity contribution is 0.230. The molecule has 3 N–H and O–H groups in total. The molecule has 96 valence electrons. The second kappa shape index (κ2) is 6.71. The fourth-order valence-electron chi connectivity index (χ4n) is 1.27. The zero-order chi connectivity index (χ0) is 12.8. The maximum absolute atomic E-state index is 13.5. The summed E-state index contributed by atoms with van der Waals surface area (Å²) in [6.07, 6.45) is 0.602. The van der Waals surface area contributed by atoms with Crippen molar-refractivity contribution >= 4 is 17.4 Å². The molecule has 0 atom stereocenters. The van der Waals surface area contributed by atoms with Crippen molar-refractivity contribution in [2.75, 3.05) is 18.1 Å². The third kappa shape index (κ3) is 4.44. The molecule has 17 heavy (non-hydrogen) atoms. The molecule has 0 heterocycles. The van der Waals surface area contributed by atoms with Gasteiger partial charge in [-0.3, -0.25) is 0 Å². The molecule has 1 aromatic rings. The predicted molar refractivity (Wildman–Crippen MR) is 69.0 cm³/mol. The minimum atomic E-state index is -0.442. The number of nitrogen functional groups attached to an aromatic ring is 1. The van der Waals surface area contributed by atoms with E-state index in [1.807, 2.05) is 13.8 Å². The molecule has 1 aromatic carbocycles. The van der Waals surface area contributed by atoms with Crippen LogP contribution in [0, 0.1) is 5.82 Å². The van der Waals surface area contributed by atoms with Crippen LogP contribution in [0.1, 0.15) is 20.3 Å². The molecule has 1 rings (SSSR count). The lowest BCUT2D eigenvalue weighted by atomic mass is 10.3. The maximum atomic E-state index is 13.5. The quantitative estimate of drug-likeness (QED) is 0.468. The summed E-state index contributed by atoms with van der Waals surface area (Å²) in [5.74, 6) is 0.524. The third-order valence-corrected chi connectivity index (χ3v) is 3.14. The van der Waals surface area contributed by atoms with Gasteiger partial charge in [0.1, 0.15) is 0 Å². The van der Waals surface area contributed by atoms with Gasteiger partial charge in [-0.2, -0.15) is 0 Å². The number of halogens is 1. The van der Waals surface area contributed by atoms with Crippen LogP contribution in [0.15, 0.2) is 17.0 Å². The van der Waals surface area contributed by atoms with Crippen molar-refractivity contribution in [1.82, 2.24) is 0 Å². The van der Waals surface area contributed by atoms with E-state index in [1.54, 1.807) is 6.07 Å². The largest absolute Gasteiger partial charge is 0.488 e. The Morgan fingerprint density at radius 1 is 1.47 bits per heavy atom. The summed E-state index contributed by atoms with van der Waals surface area (Å²) < 4.78 is 18.9. The second-order valence-corrected chi connectivity index (χ2v) is 5.05. The topological polar surface area (TPSA) is 55.5 Å². The van der Waals surface area contributed by atoms with Gasteiger partial charge < -0.3 is 15.6 Å². The highest BCUT2D eigenvalue weighted by atomic mass is 32.2. The van der Waals surface area contributed by atoms with Gasteiger partial charge in [-0.25, -0.2) is 4.39 Å². The number of anilines is 1. The van der Waals surface area contributed by atoms with Crippen molar-refractivity contribution in [3.8, 4) is 5.75 Å². The molecular weight excluding hydrogens is 241 g/mol. The minimum Gasteiger partial charge on any atom is -0.488 e. The monoisotopic (exact) mass is 259 g/mol. The molecule has 0 saturated heterocycles. The number of thioether (sulfide) groups is 1. The number of nitrogens with two attached hydrogens (primary N) is 1. The highest BCUT2D eigenvalue weighted by Gasteiger charge is 2.10. The molecule has 0 aliphatic carbocycles. The van der Waals surface area contributed by atoms with Gasteiger partial charge in [-0.05, 0) is 26.3 Å². The van der Waals surface area contributed by atoms with E-state index in [2.05, 4.69) is 0 Å². The number of benzene rings is 1. The summed E-state index contributed by atoms with van der Waals surface area (Å²) in [5, 5.41) is 8.70. The number of rotatable bonds is 6. The Labute approximate surface area is 105 Å². The van der Waals surface area contributed by atoms with Crippen LogP contribution in [0.2, 0.25) is 0 Å². The number of aliphatic hydroxyl groups is 1. The maximum Gasteiger partial charge on any atom is 0.167 e. The SMILES string of the molecule is CC(C)Oc1cc(SCCCO)c(N)cc1F. The zero-order valence-corrected chi connectivity index (χ0v) is 10.9. The van der Waals surface area contributed by atoms with E-state index in [4.69, 9.17) is 15.6 Å². The second-order valence-electron chi connectivity index (χ2n) is 3.91. The van der Waals surface area contributed by atoms with Gasteiger partial charge in [-0.15, -0.1) is 11.8 Å². The Kier molecular flexibility index (Phi) is 5.58. The molecule has 0 aliphatic rings. The van der Waals surface area contributed by atoms with Crippen LogP contribution < -0.4 is 10.5 Å². The average Bonchev–Trinajstić information content (AvgIpc) is 2.24. The smallest absolute Gasteiger partial charge is 0.167 e. The van der Waals surface area contributed by atoms with Crippen LogP contribution >= 0.6 is 11.8 Å². The highest BCUT2D eigenvalue weighted by molar-refractivity contribution is 7.99. The van der Waals surface area contributed by atoms with Crippen LogP contribution in [0.3, 0.4) is 0 Å². The van der Waals surface area contributed by atoms with Crippen molar-refractivity contribution in [2.24, 2.45) is 0 Å². The fourth-order valence-corrected chi connectivity index (χ4v) is 2.18. The number of ether oxygens (including phenoxy) is 1. The summed E-state index contributed by atoms with van der Waals surface area (Å²) in [4.78, 5) is 0.788. The van der Waals surface area contributed by atoms with Gasteiger partial charge in [0.25, 0.3) is 0 Å². The van der Waals surface area contributed by atoms with Crippen LogP contribution in [0.4, 0.5) is 10.1 Å². The normalized spacial score (nSPS) is 10.9. The van der Waals surface area contributed by atoms with Gasteiger partial charge in [0.05, 0.1) is 6.10 Å². The first-order valence-corrected chi connectivity index (χ1v) is 6.52. The summed E-state index contributed by atoms with van der Waals surface area (Å²) in [6, 6.07) is 2.89. The van der Waals surface area contributed by atoms with Crippen molar-refractivity contribution in [1.29, 1.82) is 0 Å². The predicted octanol–water partition coefficient (Wildman–Crippen LogP) is 2.67. The first-order chi connectivity index (χ1) is 8.04. The van der Waals surface area contributed by atoms with E-state index in [9.17, 15) is 4.39 Å². The van der Waals surface area contributed by atoms with Gasteiger partial charge in [0.15, 0.2) is 11.6 Å². The van der Waals surface area contributed by atoms with Crippen molar-refractivity contribution in [3.63, 3.8) is 0 Å².